The standard InChI is InChI=1S/C59H60N12O11S6/c1-27(2)34-19-40(72)47-29(4)87-56(69-47)36(20-43(73)60-5)63-50(77)38-24-83-52(65-38)33-14-15-35(54-67-42(26-86-54)71(16-10-13-45(75)76)58(79)31-17-32(18-31)59(80)81)62-48(33)37-23-84-55(64-37)39-25-85-57(66-39)46(28(3)30-11-8-7-9-12-30)68-44(74)21-61-51(78)49-41(22-82-6)88-53(34)70-49/h7-9,11-12,14-15,23-28,31-32,34,36,46H,10,13,16-22H2,1-6H3,(H,60,73)(H,61,78)(H,63,77)(H,68,74)(H,75,76)(H,80,81)/t28-,31?,32?,34?,36-,46-/m0/s1. The Kier molecular flexibility index (Phi) is 19.8. The molecule has 1 aliphatic carbocycles. The van der Waals surface area contributed by atoms with Crippen LogP contribution in [0.5, 0.6) is 0 Å². The molecule has 1 saturated carbocycles. The van der Waals surface area contributed by atoms with Crippen molar-refractivity contribution in [2.75, 3.05) is 32.1 Å². The van der Waals surface area contributed by atoms with Gasteiger partial charge >= 0.3 is 11.9 Å². The summed E-state index contributed by atoms with van der Waals surface area (Å²) in [6.45, 7) is 7.31. The molecule has 1 unspecified atom stereocenters. The Hall–Kier alpha value is -7.93. The highest BCUT2D eigenvalue weighted by atomic mass is 32.1. The third-order valence-electron chi connectivity index (χ3n) is 15.1. The second-order valence-electron chi connectivity index (χ2n) is 21.5. The lowest BCUT2D eigenvalue weighted by atomic mass is 9.74. The van der Waals surface area contributed by atoms with E-state index >= 15 is 0 Å². The largest absolute Gasteiger partial charge is 0.481 e. The Morgan fingerprint density at radius 1 is 0.727 bits per heavy atom. The van der Waals surface area contributed by atoms with Gasteiger partial charge in [0.1, 0.15) is 65.0 Å². The summed E-state index contributed by atoms with van der Waals surface area (Å²) in [5, 5.41) is 40.1. The van der Waals surface area contributed by atoms with Crippen molar-refractivity contribution in [2.45, 2.75) is 96.7 Å². The summed E-state index contributed by atoms with van der Waals surface area (Å²) in [7, 11) is 2.97. The molecule has 10 rings (SSSR count). The number of nitrogens with zero attached hydrogens (tertiary/aromatic N) is 8. The van der Waals surface area contributed by atoms with E-state index in [1.165, 1.54) is 87.1 Å². The molecule has 29 heteroatoms. The summed E-state index contributed by atoms with van der Waals surface area (Å²) >= 11 is 7.43. The fraction of sp³-hybridized carbons (Fsp3) is 0.373. The number of hydrogen-bond acceptors (Lipinski definition) is 22. The molecule has 10 bridgehead atoms. The number of hydrogen-bond donors (Lipinski definition) is 6. The summed E-state index contributed by atoms with van der Waals surface area (Å²) in [4.78, 5) is 144. The third-order valence-corrected chi connectivity index (χ3v) is 20.9. The number of nitrogens with one attached hydrogen (secondary N) is 4. The van der Waals surface area contributed by atoms with Crippen LogP contribution in [0.25, 0.3) is 43.4 Å². The predicted octanol–water partition coefficient (Wildman–Crippen LogP) is 9.58. The number of carbonyl (C=O) groups is 8. The van der Waals surface area contributed by atoms with E-state index in [4.69, 9.17) is 39.6 Å². The van der Waals surface area contributed by atoms with Crippen LogP contribution in [-0.4, -0.2) is 120 Å². The maximum absolute atomic E-state index is 14.4. The van der Waals surface area contributed by atoms with Gasteiger partial charge in [-0.25, -0.2) is 34.9 Å². The van der Waals surface area contributed by atoms with Crippen LogP contribution in [0.1, 0.15) is 145 Å². The first-order valence-corrected chi connectivity index (χ1v) is 33.2. The van der Waals surface area contributed by atoms with Crippen molar-refractivity contribution in [3.63, 3.8) is 0 Å². The van der Waals surface area contributed by atoms with E-state index in [1.54, 1.807) is 29.8 Å². The van der Waals surface area contributed by atoms with Gasteiger partial charge in [0.05, 0.1) is 53.2 Å². The highest BCUT2D eigenvalue weighted by molar-refractivity contribution is 7.15. The number of amides is 5. The number of aliphatic carboxylic acids is 2. The van der Waals surface area contributed by atoms with Gasteiger partial charge in [0.2, 0.25) is 17.7 Å². The summed E-state index contributed by atoms with van der Waals surface area (Å²) in [5.41, 5.74) is 3.33. The van der Waals surface area contributed by atoms with Crippen molar-refractivity contribution in [3.8, 4) is 43.4 Å². The zero-order chi connectivity index (χ0) is 62.5. The maximum atomic E-state index is 14.4. The molecule has 23 nitrogen and oxygen atoms in total. The Balaban J connectivity index is 1.05. The molecule has 88 heavy (non-hydrogen) atoms. The molecule has 5 amide bonds. The fourth-order valence-electron chi connectivity index (χ4n) is 10.2. The van der Waals surface area contributed by atoms with Gasteiger partial charge in [0.15, 0.2) is 5.78 Å². The second kappa shape index (κ2) is 27.6. The van der Waals surface area contributed by atoms with E-state index in [9.17, 15) is 48.6 Å². The van der Waals surface area contributed by atoms with Crippen molar-refractivity contribution in [1.29, 1.82) is 0 Å². The molecule has 6 N–H and O–H groups in total. The number of Topliss-reactive ketones (excluding diaryl/α,β-unsaturated/α-hetero) is 1. The SMILES string of the molecule is CNC(=O)C[C@@H]1NC(=O)c2csc(n2)-c2ccc(-c3nc(N(CCCC(=O)O)C(=O)C4CC(C(=O)O)C4)cs3)nc2-c2csc(n2)-c2csc(n2)[C@H]([C@@H](C)c2ccccc2)NC(=O)CNC(=O)c2nc(sc2COC)C(C(C)C)CC(=O)c2nc1sc2C. The number of ether oxygens (including phenoxy) is 1. The molecule has 0 radical (unpaired) electrons. The lowest BCUT2D eigenvalue weighted by Gasteiger charge is -2.34. The molecule has 4 atom stereocenters. The first-order chi connectivity index (χ1) is 42.3. The molecule has 7 aromatic heterocycles. The number of aromatic nitrogens is 7. The monoisotopic (exact) mass is 1300 g/mol. The molecule has 8 aromatic rings. The first-order valence-electron chi connectivity index (χ1n) is 28.0. The Labute approximate surface area is 528 Å². The number of methoxy groups -OCH3 is 1. The zero-order valence-corrected chi connectivity index (χ0v) is 53.3. The van der Waals surface area contributed by atoms with Crippen molar-refractivity contribution in [1.82, 2.24) is 56.2 Å². The summed E-state index contributed by atoms with van der Waals surface area (Å²) in [6, 6.07) is 11.5. The van der Waals surface area contributed by atoms with E-state index < -0.39 is 71.9 Å². The van der Waals surface area contributed by atoms with Crippen molar-refractivity contribution in [2.24, 2.45) is 17.8 Å². The summed E-state index contributed by atoms with van der Waals surface area (Å²) in [6.07, 6.45) is 0.00763. The van der Waals surface area contributed by atoms with E-state index in [2.05, 4.69) is 21.3 Å². The molecule has 0 spiro atoms. The minimum atomic E-state index is -1.03. The van der Waals surface area contributed by atoms with E-state index in [0.29, 0.717) is 68.1 Å². The van der Waals surface area contributed by atoms with Crippen LogP contribution >= 0.6 is 68.0 Å². The van der Waals surface area contributed by atoms with Gasteiger partial charge in [0.25, 0.3) is 11.8 Å². The number of benzene rings is 1. The maximum Gasteiger partial charge on any atom is 0.306 e. The quantitative estimate of drug-likeness (QED) is 0.0556. The molecule has 8 heterocycles. The Bertz CT molecular complexity index is 3940. The first kappa shape index (κ1) is 63.1. The lowest BCUT2D eigenvalue weighted by molar-refractivity contribution is -0.148. The third kappa shape index (κ3) is 14.1. The van der Waals surface area contributed by atoms with Crippen LogP contribution in [0, 0.1) is 24.7 Å². The number of carboxylic acids is 2. The molecule has 1 aliphatic heterocycles. The van der Waals surface area contributed by atoms with Crippen molar-refractivity contribution < 1.29 is 53.3 Å². The molecule has 458 valence electrons. The van der Waals surface area contributed by atoms with Crippen LogP contribution in [0.4, 0.5) is 5.82 Å². The molecule has 2 aliphatic rings. The number of thiazole rings is 6. The lowest BCUT2D eigenvalue weighted by Crippen LogP contribution is -2.44. The van der Waals surface area contributed by atoms with Crippen LogP contribution in [0.2, 0.25) is 0 Å². The number of fused-ring (bicyclic) bond motifs is 14. The van der Waals surface area contributed by atoms with Crippen LogP contribution in [-0.2, 0) is 35.3 Å². The minimum absolute atomic E-state index is 0.0216. The second-order valence-corrected chi connectivity index (χ2v) is 27.3. The normalized spacial score (nSPS) is 18.6. The number of pyridine rings is 1. The molecular weight excluding hydrogens is 1250 g/mol. The van der Waals surface area contributed by atoms with Crippen LogP contribution in [0.15, 0.2) is 64.0 Å². The Morgan fingerprint density at radius 2 is 1.43 bits per heavy atom. The molecule has 1 fully saturated rings. The predicted molar refractivity (Wildman–Crippen MR) is 335 cm³/mol. The number of ketones is 1. The smallest absolute Gasteiger partial charge is 0.306 e. The number of carboxylic acid groups (broad SMARTS) is 2. The van der Waals surface area contributed by atoms with Gasteiger partial charge in [-0.2, -0.15) is 0 Å². The van der Waals surface area contributed by atoms with Gasteiger partial charge < -0.3 is 36.2 Å². The van der Waals surface area contributed by atoms with Gasteiger partial charge in [-0.3, -0.25) is 43.3 Å². The number of carbonyl (C=O) groups excluding carboxylic acids is 6. The van der Waals surface area contributed by atoms with Gasteiger partial charge in [-0.05, 0) is 49.8 Å². The number of aryl methyl sites for hydroxylation is 1. The van der Waals surface area contributed by atoms with Crippen molar-refractivity contribution >= 4 is 121 Å². The van der Waals surface area contributed by atoms with Crippen LogP contribution < -0.4 is 26.2 Å². The molecule has 0 saturated heterocycles. The number of rotatable bonds is 15. The van der Waals surface area contributed by atoms with E-state index in [1.807, 2.05) is 61.9 Å². The van der Waals surface area contributed by atoms with Crippen LogP contribution in [0.3, 0.4) is 0 Å². The average Bonchev–Trinajstić information content (AvgIpc) is 3.33. The average molecular weight is 1310 g/mol. The van der Waals surface area contributed by atoms with E-state index in [-0.39, 0.29) is 98.1 Å². The number of anilines is 1. The summed E-state index contributed by atoms with van der Waals surface area (Å²) in [5.74, 6) is -6.60. The Morgan fingerprint density at radius 3 is 2.16 bits per heavy atom. The van der Waals surface area contributed by atoms with Gasteiger partial charge in [0, 0.05) is 83.3 Å². The fourth-order valence-corrected chi connectivity index (χ4v) is 15.9. The van der Waals surface area contributed by atoms with E-state index in [0.717, 1.165) is 5.56 Å². The minimum Gasteiger partial charge on any atom is -0.481 e. The van der Waals surface area contributed by atoms with Crippen molar-refractivity contribution in [3.05, 3.63) is 111 Å². The molecular formula is C59H60N12O11S6. The van der Waals surface area contributed by atoms with Gasteiger partial charge in [-0.15, -0.1) is 68.0 Å². The zero-order valence-electron chi connectivity index (χ0n) is 48.4. The highest BCUT2D eigenvalue weighted by Gasteiger charge is 2.42. The summed E-state index contributed by atoms with van der Waals surface area (Å²) < 4.78 is 5.50. The topological polar surface area (TPSA) is 328 Å². The van der Waals surface area contributed by atoms with Gasteiger partial charge in [-0.1, -0.05) is 51.1 Å². The molecule has 1 aromatic carbocycles. The highest BCUT2D eigenvalue weighted by Crippen LogP contribution is 2.42.